The molecule has 5 rings (SSSR count). The summed E-state index contributed by atoms with van der Waals surface area (Å²) in [6, 6.07) is 3.60. The zero-order chi connectivity index (χ0) is 38.0. The Morgan fingerprint density at radius 1 is 1.00 bits per heavy atom. The predicted octanol–water partition coefficient (Wildman–Crippen LogP) is 5.21. The molecule has 0 spiro atoms. The van der Waals surface area contributed by atoms with Gasteiger partial charge in [-0.3, -0.25) is 0 Å². The van der Waals surface area contributed by atoms with Crippen LogP contribution in [0.25, 0.3) is 0 Å². The van der Waals surface area contributed by atoms with Gasteiger partial charge in [-0.15, -0.1) is 5.10 Å². The van der Waals surface area contributed by atoms with E-state index in [1.54, 1.807) is 53.7 Å². The topological polar surface area (TPSA) is 195 Å². The van der Waals surface area contributed by atoms with Crippen LogP contribution in [0.4, 0.5) is 0 Å². The van der Waals surface area contributed by atoms with Crippen molar-refractivity contribution in [3.8, 4) is 11.5 Å². The lowest BCUT2D eigenvalue weighted by Crippen LogP contribution is -2.62. The van der Waals surface area contributed by atoms with E-state index in [4.69, 9.17) is 19.0 Å². The number of unbranched alkanes of at least 4 members (excludes halogenated alkanes) is 2. The first-order valence-corrected chi connectivity index (χ1v) is 18.3. The molecular weight excluding hydrogens is 672 g/mol. The number of nitrogens with zero attached hydrogens (tertiary/aromatic N) is 4. The lowest BCUT2D eigenvalue weighted by Gasteiger charge is -2.56. The van der Waals surface area contributed by atoms with E-state index in [0.29, 0.717) is 48.3 Å². The number of phenols is 1. The number of aromatic nitrogens is 3. The van der Waals surface area contributed by atoms with E-state index >= 15 is 0 Å². The average Bonchev–Trinajstić information content (AvgIpc) is 3.49. The highest BCUT2D eigenvalue weighted by molar-refractivity contribution is 6.03. The number of carbonyl (C=O) groups excluding carboxylic acids is 2. The summed E-state index contributed by atoms with van der Waals surface area (Å²) in [5.41, 5.74) is -0.624. The molecule has 0 radical (unpaired) electrons. The van der Waals surface area contributed by atoms with Gasteiger partial charge < -0.3 is 39.5 Å². The standard InChI is InChI=1S/C38H54N4O10/c1-8-49-40-27-21-29(42-33(35(47)52-37(5,6)7)32(39-41-42)34(46)51-36(2,3)4)38(48)31-25(27)19-22(13-9-11-17-43)24(14-10-12-18-44)30(31)26-20-23(45)15-16-28(26)50-38/h15-16,19-20,22,24,29-31,43-45,48H,8-14,17-18,21H2,1-7H3/t22-,24+,29-,30+,31+,38+/m0/s1. The first kappa shape index (κ1) is 39.2. The van der Waals surface area contributed by atoms with Crippen LogP contribution in [-0.4, -0.2) is 89.9 Å². The summed E-state index contributed by atoms with van der Waals surface area (Å²) in [5.74, 6) is -4.78. The molecular formula is C38H54N4O10. The summed E-state index contributed by atoms with van der Waals surface area (Å²) in [6.07, 6.45) is 6.24. The number of fused-ring (bicyclic) bond motifs is 2. The maximum absolute atomic E-state index is 14.0. The number of phenolic OH excluding ortho intramolecular Hbond substituents is 1. The van der Waals surface area contributed by atoms with Crippen molar-refractivity contribution in [2.75, 3.05) is 19.8 Å². The van der Waals surface area contributed by atoms with Crippen LogP contribution in [0.2, 0.25) is 0 Å². The molecule has 0 unspecified atom stereocenters. The highest BCUT2D eigenvalue weighted by Gasteiger charge is 2.64. The third-order valence-electron chi connectivity index (χ3n) is 9.74. The number of hydrogen-bond donors (Lipinski definition) is 4. The molecule has 1 saturated carbocycles. The largest absolute Gasteiger partial charge is 0.508 e. The fraction of sp³-hybridized carbons (Fsp3) is 0.658. The number of carbonyl (C=O) groups is 2. The maximum atomic E-state index is 14.0. The SMILES string of the molecule is CCON=C1C[C@H](n2nnc(C(=O)OC(C)(C)C)c2C(=O)OC(C)(C)C)[C@@]2(O)Oc3ccc(O)cc3[C@H]3[C@H](CCCCO)[C@@H](CCCCO)C=C1[C@H]32. The number of aliphatic hydroxyl groups excluding tert-OH is 2. The van der Waals surface area contributed by atoms with Crippen molar-refractivity contribution < 1.29 is 49.1 Å². The van der Waals surface area contributed by atoms with E-state index in [-0.39, 0.29) is 55.2 Å². The molecule has 1 aromatic carbocycles. The predicted molar refractivity (Wildman–Crippen MR) is 190 cm³/mol. The second kappa shape index (κ2) is 15.5. The van der Waals surface area contributed by atoms with E-state index in [9.17, 15) is 30.0 Å². The second-order valence-electron chi connectivity index (χ2n) is 15.9. The number of rotatable bonds is 13. The Morgan fingerprint density at radius 3 is 2.29 bits per heavy atom. The van der Waals surface area contributed by atoms with Crippen LogP contribution >= 0.6 is 0 Å². The number of oxime groups is 1. The minimum absolute atomic E-state index is 0.00937. The van der Waals surface area contributed by atoms with E-state index in [2.05, 4.69) is 21.5 Å². The molecule has 3 aliphatic rings. The van der Waals surface area contributed by atoms with Crippen molar-refractivity contribution in [1.29, 1.82) is 0 Å². The molecule has 2 aliphatic carbocycles. The number of hydrogen-bond acceptors (Lipinski definition) is 13. The zero-order valence-corrected chi connectivity index (χ0v) is 31.3. The summed E-state index contributed by atoms with van der Waals surface area (Å²) in [7, 11) is 0. The Bertz CT molecular complexity index is 1670. The van der Waals surface area contributed by atoms with Crippen molar-refractivity contribution >= 4 is 17.7 Å². The molecule has 1 aromatic heterocycles. The Balaban J connectivity index is 1.76. The number of esters is 2. The highest BCUT2D eigenvalue weighted by atomic mass is 16.6. The Hall–Kier alpha value is -4.01. The van der Waals surface area contributed by atoms with Crippen molar-refractivity contribution in [2.24, 2.45) is 22.9 Å². The molecule has 0 saturated heterocycles. The van der Waals surface area contributed by atoms with Crippen LogP contribution < -0.4 is 4.74 Å². The van der Waals surface area contributed by atoms with Crippen molar-refractivity contribution in [3.05, 3.63) is 46.8 Å². The highest BCUT2D eigenvalue weighted by Crippen LogP contribution is 2.62. The molecule has 4 N–H and O–H groups in total. The molecule has 6 atom stereocenters. The normalized spacial score (nSPS) is 26.2. The second-order valence-corrected chi connectivity index (χ2v) is 15.9. The van der Waals surface area contributed by atoms with Crippen molar-refractivity contribution in [3.63, 3.8) is 0 Å². The summed E-state index contributed by atoms with van der Waals surface area (Å²) in [5, 5.41) is 56.3. The molecule has 14 heteroatoms. The third-order valence-corrected chi connectivity index (χ3v) is 9.74. The minimum Gasteiger partial charge on any atom is -0.508 e. The number of aromatic hydroxyl groups is 1. The average molecular weight is 727 g/mol. The van der Waals surface area contributed by atoms with Crippen LogP contribution in [-0.2, 0) is 14.3 Å². The van der Waals surface area contributed by atoms with Crippen LogP contribution in [0.3, 0.4) is 0 Å². The summed E-state index contributed by atoms with van der Waals surface area (Å²) in [4.78, 5) is 33.2. The first-order chi connectivity index (χ1) is 24.5. The molecule has 0 bridgehead atoms. The quantitative estimate of drug-likeness (QED) is 0.120. The summed E-state index contributed by atoms with van der Waals surface area (Å²) >= 11 is 0. The molecule has 1 fully saturated rings. The number of aliphatic hydroxyl groups is 3. The van der Waals surface area contributed by atoms with Crippen LogP contribution in [0.5, 0.6) is 11.5 Å². The molecule has 2 heterocycles. The van der Waals surface area contributed by atoms with E-state index in [1.807, 2.05) is 6.92 Å². The lowest BCUT2D eigenvalue weighted by atomic mass is 9.55. The Labute approximate surface area is 304 Å². The van der Waals surface area contributed by atoms with Crippen molar-refractivity contribution in [2.45, 2.75) is 122 Å². The van der Waals surface area contributed by atoms with Gasteiger partial charge in [0, 0.05) is 31.1 Å². The van der Waals surface area contributed by atoms with Gasteiger partial charge >= 0.3 is 11.9 Å². The lowest BCUT2D eigenvalue weighted by molar-refractivity contribution is -0.225. The van der Waals surface area contributed by atoms with Gasteiger partial charge in [0.05, 0.1) is 11.6 Å². The number of ether oxygens (including phenoxy) is 3. The van der Waals surface area contributed by atoms with Gasteiger partial charge in [0.1, 0.15) is 35.3 Å². The van der Waals surface area contributed by atoms with Gasteiger partial charge in [-0.1, -0.05) is 29.3 Å². The van der Waals surface area contributed by atoms with Gasteiger partial charge in [0.15, 0.2) is 5.69 Å². The van der Waals surface area contributed by atoms with Crippen LogP contribution in [0.1, 0.15) is 132 Å². The Morgan fingerprint density at radius 2 is 1.65 bits per heavy atom. The first-order valence-electron chi connectivity index (χ1n) is 18.3. The fourth-order valence-electron chi connectivity index (χ4n) is 7.84. The van der Waals surface area contributed by atoms with Crippen LogP contribution in [0, 0.1) is 17.8 Å². The zero-order valence-electron chi connectivity index (χ0n) is 31.3. The van der Waals surface area contributed by atoms with Gasteiger partial charge in [0.25, 0.3) is 0 Å². The summed E-state index contributed by atoms with van der Waals surface area (Å²) in [6.45, 7) is 12.3. The maximum Gasteiger partial charge on any atom is 0.362 e. The van der Waals surface area contributed by atoms with E-state index in [1.165, 1.54) is 10.7 Å². The van der Waals surface area contributed by atoms with Crippen LogP contribution in [0.15, 0.2) is 35.0 Å². The molecule has 0 amide bonds. The molecule has 286 valence electrons. The molecule has 1 aliphatic heterocycles. The monoisotopic (exact) mass is 726 g/mol. The number of benzene rings is 1. The van der Waals surface area contributed by atoms with Crippen molar-refractivity contribution in [1.82, 2.24) is 15.0 Å². The van der Waals surface area contributed by atoms with Gasteiger partial charge in [-0.2, -0.15) is 0 Å². The molecule has 14 nitrogen and oxygen atoms in total. The molecule has 2 aromatic rings. The fourth-order valence-corrected chi connectivity index (χ4v) is 7.84. The third kappa shape index (κ3) is 8.13. The van der Waals surface area contributed by atoms with E-state index < -0.39 is 46.8 Å². The van der Waals surface area contributed by atoms with Gasteiger partial charge in [-0.05, 0) is 110 Å². The Kier molecular flexibility index (Phi) is 11.7. The smallest absolute Gasteiger partial charge is 0.362 e. The number of allylic oxidation sites excluding steroid dienone is 1. The van der Waals surface area contributed by atoms with E-state index in [0.717, 1.165) is 12.8 Å². The summed E-state index contributed by atoms with van der Waals surface area (Å²) < 4.78 is 19.2. The molecule has 52 heavy (non-hydrogen) atoms. The van der Waals surface area contributed by atoms with Gasteiger partial charge in [0.2, 0.25) is 11.5 Å². The van der Waals surface area contributed by atoms with Gasteiger partial charge in [-0.25, -0.2) is 14.3 Å². The minimum atomic E-state index is -2.08.